The van der Waals surface area contributed by atoms with Gasteiger partial charge < -0.3 is 9.72 Å². The van der Waals surface area contributed by atoms with Crippen LogP contribution in [-0.4, -0.2) is 15.9 Å². The van der Waals surface area contributed by atoms with Crippen molar-refractivity contribution in [2.45, 2.75) is 13.3 Å². The average Bonchev–Trinajstić information content (AvgIpc) is 3.08. The van der Waals surface area contributed by atoms with Gasteiger partial charge in [-0.05, 0) is 42.8 Å². The van der Waals surface area contributed by atoms with Gasteiger partial charge in [-0.15, -0.1) is 0 Å². The number of aryl methyl sites for hydroxylation is 1. The Bertz CT molecular complexity index is 964. The molecule has 6 nitrogen and oxygen atoms in total. The number of aromatic nitrogens is 1. The third-order valence-corrected chi connectivity index (χ3v) is 3.87. The molecule has 0 aliphatic heterocycles. The first-order valence-corrected chi connectivity index (χ1v) is 7.93. The minimum absolute atomic E-state index is 0.118. The van der Waals surface area contributed by atoms with Crippen molar-refractivity contribution in [1.82, 2.24) is 4.98 Å². The summed E-state index contributed by atoms with van der Waals surface area (Å²) in [6.45, 7) is 1.89. The topological polar surface area (TPSA) is 85.2 Å². The number of nitro benzene ring substituents is 1. The van der Waals surface area contributed by atoms with Crippen molar-refractivity contribution in [3.8, 4) is 17.0 Å². The molecule has 1 heterocycles. The third kappa shape index (κ3) is 3.46. The van der Waals surface area contributed by atoms with E-state index in [2.05, 4.69) is 4.98 Å². The van der Waals surface area contributed by atoms with Crippen LogP contribution < -0.4 is 4.74 Å². The van der Waals surface area contributed by atoms with Crippen LogP contribution in [0.4, 0.5) is 10.1 Å². The maximum atomic E-state index is 13.0. The lowest BCUT2D eigenvalue weighted by Gasteiger charge is -2.06. The third-order valence-electron chi connectivity index (χ3n) is 3.87. The summed E-state index contributed by atoms with van der Waals surface area (Å²) in [6, 6.07) is 12.8. The van der Waals surface area contributed by atoms with Crippen LogP contribution in [0.5, 0.6) is 5.75 Å². The van der Waals surface area contributed by atoms with E-state index < -0.39 is 16.7 Å². The van der Waals surface area contributed by atoms with Crippen LogP contribution in [0.1, 0.15) is 23.0 Å². The first-order valence-electron chi connectivity index (χ1n) is 7.93. The van der Waals surface area contributed by atoms with E-state index in [1.54, 1.807) is 24.3 Å². The zero-order valence-corrected chi connectivity index (χ0v) is 13.9. The van der Waals surface area contributed by atoms with E-state index >= 15 is 0 Å². The minimum Gasteiger partial charge on any atom is -0.423 e. The number of para-hydroxylation sites is 1. The zero-order valence-electron chi connectivity index (χ0n) is 13.9. The molecule has 0 atom stereocenters. The Balaban J connectivity index is 2.03. The molecular formula is C19H15FN2O4. The fourth-order valence-electron chi connectivity index (χ4n) is 2.58. The fraction of sp³-hybridized carbons (Fsp3) is 0.105. The summed E-state index contributed by atoms with van der Waals surface area (Å²) >= 11 is 0. The van der Waals surface area contributed by atoms with Crippen molar-refractivity contribution in [2.75, 3.05) is 0 Å². The van der Waals surface area contributed by atoms with Gasteiger partial charge in [0, 0.05) is 11.8 Å². The SMILES string of the molecule is CCc1cc(C(=O)Oc2ccc(F)cc2)c(-c2ccccc2[N+](=O)[O-])[nH]1. The maximum absolute atomic E-state index is 13.0. The predicted octanol–water partition coefficient (Wildman–Crippen LogP) is 4.51. The van der Waals surface area contributed by atoms with E-state index in [0.29, 0.717) is 17.7 Å². The van der Waals surface area contributed by atoms with Crippen molar-refractivity contribution in [3.63, 3.8) is 0 Å². The number of hydrogen-bond acceptors (Lipinski definition) is 4. The lowest BCUT2D eigenvalue weighted by atomic mass is 10.1. The number of nitrogens with one attached hydrogen (secondary N) is 1. The molecule has 3 rings (SSSR count). The Kier molecular flexibility index (Phi) is 4.79. The zero-order chi connectivity index (χ0) is 18.7. The highest BCUT2D eigenvalue weighted by Gasteiger charge is 2.24. The highest BCUT2D eigenvalue weighted by Crippen LogP contribution is 2.32. The van der Waals surface area contributed by atoms with Crippen LogP contribution in [0, 0.1) is 15.9 Å². The number of halogens is 1. The molecule has 0 saturated carbocycles. The molecule has 0 fully saturated rings. The van der Waals surface area contributed by atoms with Gasteiger partial charge in [-0.2, -0.15) is 0 Å². The maximum Gasteiger partial charge on any atom is 0.345 e. The molecule has 0 aliphatic rings. The van der Waals surface area contributed by atoms with E-state index in [-0.39, 0.29) is 17.0 Å². The number of carbonyl (C=O) groups is 1. The average molecular weight is 354 g/mol. The molecule has 0 bridgehead atoms. The molecule has 2 aromatic carbocycles. The van der Waals surface area contributed by atoms with Gasteiger partial charge >= 0.3 is 5.97 Å². The summed E-state index contributed by atoms with van der Waals surface area (Å²) in [5.41, 5.74) is 1.42. The number of aromatic amines is 1. The molecule has 0 radical (unpaired) electrons. The molecule has 0 spiro atoms. The second-order valence-corrected chi connectivity index (χ2v) is 5.55. The number of H-pyrrole nitrogens is 1. The molecule has 1 aromatic heterocycles. The summed E-state index contributed by atoms with van der Waals surface area (Å²) in [7, 11) is 0. The number of carbonyl (C=O) groups excluding carboxylic acids is 1. The second kappa shape index (κ2) is 7.18. The fourth-order valence-corrected chi connectivity index (χ4v) is 2.58. The number of benzene rings is 2. The predicted molar refractivity (Wildman–Crippen MR) is 93.6 cm³/mol. The number of hydrogen-bond donors (Lipinski definition) is 1. The van der Waals surface area contributed by atoms with Crippen molar-refractivity contribution in [1.29, 1.82) is 0 Å². The molecule has 1 N–H and O–H groups in total. The Hall–Kier alpha value is -3.48. The first-order chi connectivity index (χ1) is 12.5. The summed E-state index contributed by atoms with van der Waals surface area (Å²) in [6.07, 6.45) is 0.609. The minimum atomic E-state index is -0.680. The van der Waals surface area contributed by atoms with Gasteiger partial charge in [0.05, 0.1) is 21.7 Å². The van der Waals surface area contributed by atoms with E-state index in [0.717, 1.165) is 5.69 Å². The standard InChI is InChI=1S/C19H15FN2O4/c1-2-13-11-16(19(23)26-14-9-7-12(20)8-10-14)18(21-13)15-5-3-4-6-17(15)22(24)25/h3-11,21H,2H2,1H3. The van der Waals surface area contributed by atoms with Gasteiger partial charge in [0.25, 0.3) is 5.69 Å². The number of rotatable bonds is 5. The smallest absolute Gasteiger partial charge is 0.345 e. The monoisotopic (exact) mass is 354 g/mol. The van der Waals surface area contributed by atoms with Gasteiger partial charge in [0.15, 0.2) is 0 Å². The van der Waals surface area contributed by atoms with Gasteiger partial charge in [-0.1, -0.05) is 19.1 Å². The molecule has 0 aliphatic carbocycles. The Morgan fingerprint density at radius 3 is 2.54 bits per heavy atom. The summed E-state index contributed by atoms with van der Waals surface area (Å²) < 4.78 is 18.3. The van der Waals surface area contributed by atoms with Gasteiger partial charge in [0.2, 0.25) is 0 Å². The molecular weight excluding hydrogens is 339 g/mol. The van der Waals surface area contributed by atoms with Crippen LogP contribution in [0.3, 0.4) is 0 Å². The summed E-state index contributed by atoms with van der Waals surface area (Å²) in [5, 5.41) is 11.3. The van der Waals surface area contributed by atoms with Crippen molar-refractivity contribution in [3.05, 3.63) is 81.8 Å². The van der Waals surface area contributed by atoms with Crippen LogP contribution in [-0.2, 0) is 6.42 Å². The number of esters is 1. The van der Waals surface area contributed by atoms with Crippen LogP contribution >= 0.6 is 0 Å². The highest BCUT2D eigenvalue weighted by molar-refractivity contribution is 5.99. The highest BCUT2D eigenvalue weighted by atomic mass is 19.1. The Labute approximate surface area is 148 Å². The molecule has 3 aromatic rings. The lowest BCUT2D eigenvalue weighted by molar-refractivity contribution is -0.384. The largest absolute Gasteiger partial charge is 0.423 e. The second-order valence-electron chi connectivity index (χ2n) is 5.55. The van der Waals surface area contributed by atoms with Crippen LogP contribution in [0.25, 0.3) is 11.3 Å². The number of nitrogens with zero attached hydrogens (tertiary/aromatic N) is 1. The first kappa shape index (κ1) is 17.3. The number of ether oxygens (including phenoxy) is 1. The van der Waals surface area contributed by atoms with Crippen LogP contribution in [0.2, 0.25) is 0 Å². The quantitative estimate of drug-likeness (QED) is 0.316. The summed E-state index contributed by atoms with van der Waals surface area (Å²) in [5.74, 6) is -0.940. The molecule has 132 valence electrons. The molecule has 0 unspecified atom stereocenters. The van der Waals surface area contributed by atoms with Crippen molar-refractivity contribution < 1.29 is 18.8 Å². The Morgan fingerprint density at radius 2 is 1.88 bits per heavy atom. The van der Waals surface area contributed by atoms with E-state index in [1.165, 1.54) is 30.3 Å². The normalized spacial score (nSPS) is 10.5. The Morgan fingerprint density at radius 1 is 1.19 bits per heavy atom. The van der Waals surface area contributed by atoms with Crippen molar-refractivity contribution >= 4 is 11.7 Å². The van der Waals surface area contributed by atoms with Gasteiger partial charge in [-0.3, -0.25) is 10.1 Å². The lowest BCUT2D eigenvalue weighted by Crippen LogP contribution is -2.09. The molecule has 0 amide bonds. The van der Waals surface area contributed by atoms with Crippen molar-refractivity contribution in [2.24, 2.45) is 0 Å². The molecule has 7 heteroatoms. The van der Waals surface area contributed by atoms with E-state index in [9.17, 15) is 19.3 Å². The molecule has 0 saturated heterocycles. The molecule has 26 heavy (non-hydrogen) atoms. The van der Waals surface area contributed by atoms with E-state index in [1.807, 2.05) is 6.92 Å². The van der Waals surface area contributed by atoms with Gasteiger partial charge in [0.1, 0.15) is 11.6 Å². The number of nitro groups is 1. The van der Waals surface area contributed by atoms with Crippen LogP contribution in [0.15, 0.2) is 54.6 Å². The van der Waals surface area contributed by atoms with Gasteiger partial charge in [-0.25, -0.2) is 9.18 Å². The van der Waals surface area contributed by atoms with E-state index in [4.69, 9.17) is 4.74 Å². The summed E-state index contributed by atoms with van der Waals surface area (Å²) in [4.78, 5) is 26.5.